The van der Waals surface area contributed by atoms with Gasteiger partial charge in [0, 0.05) is 26.0 Å². The van der Waals surface area contributed by atoms with E-state index in [-0.39, 0.29) is 10.9 Å². The van der Waals surface area contributed by atoms with Crippen molar-refractivity contribution in [3.05, 3.63) is 36.5 Å². The molecule has 2 aromatic heterocycles. The van der Waals surface area contributed by atoms with E-state index >= 15 is 0 Å². The van der Waals surface area contributed by atoms with Crippen LogP contribution in [-0.2, 0) is 10.0 Å². The SMILES string of the molecule is CCCCOc1nccc2c1c(Nc1ccc(S(=O)(=O)N(C)C)cc1)nn2C(C)CC#N. The second-order valence-electron chi connectivity index (χ2n) is 7.65. The van der Waals surface area contributed by atoms with Crippen LogP contribution in [0.1, 0.15) is 39.2 Å². The van der Waals surface area contributed by atoms with Gasteiger partial charge < -0.3 is 10.1 Å². The number of sulfonamides is 1. The van der Waals surface area contributed by atoms with Crippen molar-refractivity contribution >= 4 is 32.4 Å². The number of nitrogens with one attached hydrogen (secondary N) is 1. The first kappa shape index (κ1) is 23.5. The van der Waals surface area contributed by atoms with Crippen LogP contribution in [0.5, 0.6) is 5.88 Å². The lowest BCUT2D eigenvalue weighted by atomic mass is 10.2. The van der Waals surface area contributed by atoms with Gasteiger partial charge >= 0.3 is 0 Å². The summed E-state index contributed by atoms with van der Waals surface area (Å²) in [6.07, 6.45) is 3.89. The van der Waals surface area contributed by atoms with Crippen molar-refractivity contribution in [3.8, 4) is 11.9 Å². The Morgan fingerprint density at radius 1 is 1.25 bits per heavy atom. The summed E-state index contributed by atoms with van der Waals surface area (Å²) in [4.78, 5) is 4.60. The molecule has 0 aliphatic rings. The molecule has 9 nitrogen and oxygen atoms in total. The molecule has 1 N–H and O–H groups in total. The highest BCUT2D eigenvalue weighted by Gasteiger charge is 2.21. The molecule has 0 bridgehead atoms. The van der Waals surface area contributed by atoms with Crippen LogP contribution >= 0.6 is 0 Å². The van der Waals surface area contributed by atoms with E-state index in [9.17, 15) is 8.42 Å². The van der Waals surface area contributed by atoms with E-state index in [0.717, 1.165) is 23.7 Å². The number of nitrogens with zero attached hydrogens (tertiary/aromatic N) is 5. The number of hydrogen-bond acceptors (Lipinski definition) is 7. The second-order valence-corrected chi connectivity index (χ2v) is 9.81. The minimum atomic E-state index is -3.51. The van der Waals surface area contributed by atoms with Crippen LogP contribution < -0.4 is 10.1 Å². The highest BCUT2D eigenvalue weighted by atomic mass is 32.2. The summed E-state index contributed by atoms with van der Waals surface area (Å²) in [5.41, 5.74) is 1.48. The van der Waals surface area contributed by atoms with Gasteiger partial charge in [0.25, 0.3) is 0 Å². The predicted molar refractivity (Wildman–Crippen MR) is 123 cm³/mol. The van der Waals surface area contributed by atoms with Crippen LogP contribution in [0.25, 0.3) is 10.9 Å². The molecule has 10 heteroatoms. The molecule has 32 heavy (non-hydrogen) atoms. The first-order valence-corrected chi connectivity index (χ1v) is 11.9. The lowest BCUT2D eigenvalue weighted by molar-refractivity contribution is 0.302. The first-order chi connectivity index (χ1) is 15.3. The summed E-state index contributed by atoms with van der Waals surface area (Å²) in [6, 6.07) is 10.4. The van der Waals surface area contributed by atoms with E-state index in [2.05, 4.69) is 23.3 Å². The summed E-state index contributed by atoms with van der Waals surface area (Å²) in [5.74, 6) is 1.01. The van der Waals surface area contributed by atoms with E-state index in [1.54, 1.807) is 35.1 Å². The van der Waals surface area contributed by atoms with Crippen LogP contribution in [0.3, 0.4) is 0 Å². The lowest BCUT2D eigenvalue weighted by Crippen LogP contribution is -2.22. The van der Waals surface area contributed by atoms with Gasteiger partial charge in [0.1, 0.15) is 5.39 Å². The number of hydrogen-bond donors (Lipinski definition) is 1. The number of unbranched alkanes of at least 4 members (excludes halogenated alkanes) is 1. The van der Waals surface area contributed by atoms with Crippen molar-refractivity contribution in [1.29, 1.82) is 5.26 Å². The smallest absolute Gasteiger partial charge is 0.242 e. The van der Waals surface area contributed by atoms with E-state index < -0.39 is 10.0 Å². The Bertz CT molecular complexity index is 1210. The quantitative estimate of drug-likeness (QED) is 0.457. The zero-order chi connectivity index (χ0) is 23.3. The number of pyridine rings is 1. The van der Waals surface area contributed by atoms with Gasteiger partial charge in [-0.25, -0.2) is 17.7 Å². The van der Waals surface area contributed by atoms with Crippen LogP contribution in [0.2, 0.25) is 0 Å². The van der Waals surface area contributed by atoms with Gasteiger partial charge in [-0.15, -0.1) is 0 Å². The standard InChI is InChI=1S/C22H28N6O3S/c1-5-6-15-31-22-20-19(12-14-24-22)28(16(2)11-13-23)26-21(20)25-17-7-9-18(10-8-17)32(29,30)27(3)4/h7-10,12,14,16H,5-6,11,15H2,1-4H3,(H,25,26). The molecule has 3 rings (SSSR count). The Kier molecular flexibility index (Phi) is 7.33. The number of benzene rings is 1. The zero-order valence-electron chi connectivity index (χ0n) is 18.7. The molecule has 0 saturated heterocycles. The van der Waals surface area contributed by atoms with Gasteiger partial charge in [0.2, 0.25) is 15.9 Å². The zero-order valence-corrected chi connectivity index (χ0v) is 19.6. The Morgan fingerprint density at radius 2 is 1.97 bits per heavy atom. The van der Waals surface area contributed by atoms with E-state index in [1.165, 1.54) is 18.4 Å². The molecule has 0 saturated carbocycles. The van der Waals surface area contributed by atoms with Gasteiger partial charge in [0.05, 0.1) is 35.6 Å². The van der Waals surface area contributed by atoms with Crippen LogP contribution in [-0.4, -0.2) is 48.2 Å². The highest BCUT2D eigenvalue weighted by Crippen LogP contribution is 2.34. The van der Waals surface area contributed by atoms with Crippen molar-refractivity contribution in [2.45, 2.75) is 44.0 Å². The Labute approximate surface area is 188 Å². The van der Waals surface area contributed by atoms with Crippen molar-refractivity contribution in [2.24, 2.45) is 0 Å². The highest BCUT2D eigenvalue weighted by molar-refractivity contribution is 7.89. The number of rotatable bonds is 10. The molecule has 1 aromatic carbocycles. The molecule has 0 aliphatic heterocycles. The largest absolute Gasteiger partial charge is 0.477 e. The predicted octanol–water partition coefficient (Wildman–Crippen LogP) is 4.08. The monoisotopic (exact) mass is 456 g/mol. The molecule has 3 aromatic rings. The van der Waals surface area contributed by atoms with E-state index in [0.29, 0.717) is 30.4 Å². The summed E-state index contributed by atoms with van der Waals surface area (Å²) in [6.45, 7) is 4.56. The number of nitriles is 1. The fraction of sp³-hybridized carbons (Fsp3) is 0.409. The summed E-state index contributed by atoms with van der Waals surface area (Å²) in [5, 5.41) is 17.8. The summed E-state index contributed by atoms with van der Waals surface area (Å²) >= 11 is 0. The summed E-state index contributed by atoms with van der Waals surface area (Å²) < 4.78 is 33.5. The van der Waals surface area contributed by atoms with Crippen molar-refractivity contribution in [2.75, 3.05) is 26.0 Å². The number of anilines is 2. The van der Waals surface area contributed by atoms with Gasteiger partial charge in [-0.1, -0.05) is 13.3 Å². The Hall–Kier alpha value is -3.16. The topological polar surface area (TPSA) is 113 Å². The van der Waals surface area contributed by atoms with Gasteiger partial charge in [-0.3, -0.25) is 4.68 Å². The maximum absolute atomic E-state index is 12.3. The third-order valence-electron chi connectivity index (χ3n) is 5.02. The van der Waals surface area contributed by atoms with Crippen molar-refractivity contribution < 1.29 is 13.2 Å². The average molecular weight is 457 g/mol. The molecule has 0 aliphatic carbocycles. The molecular weight excluding hydrogens is 428 g/mol. The van der Waals surface area contributed by atoms with Crippen LogP contribution in [0.15, 0.2) is 41.4 Å². The Morgan fingerprint density at radius 3 is 2.59 bits per heavy atom. The molecule has 0 amide bonds. The molecule has 1 unspecified atom stereocenters. The van der Waals surface area contributed by atoms with Crippen LogP contribution in [0, 0.1) is 11.3 Å². The third-order valence-corrected chi connectivity index (χ3v) is 6.85. The second kappa shape index (κ2) is 9.97. The molecule has 2 heterocycles. The Balaban J connectivity index is 2.02. The van der Waals surface area contributed by atoms with Crippen LogP contribution in [0.4, 0.5) is 11.5 Å². The fourth-order valence-electron chi connectivity index (χ4n) is 3.18. The molecule has 0 fully saturated rings. The summed E-state index contributed by atoms with van der Waals surface area (Å²) in [7, 11) is -0.517. The maximum atomic E-state index is 12.3. The van der Waals surface area contributed by atoms with Gasteiger partial charge in [-0.2, -0.15) is 10.4 Å². The van der Waals surface area contributed by atoms with E-state index in [4.69, 9.17) is 15.1 Å². The molecular formula is C22H28N6O3S. The first-order valence-electron chi connectivity index (χ1n) is 10.5. The van der Waals surface area contributed by atoms with Crippen molar-refractivity contribution in [1.82, 2.24) is 19.1 Å². The minimum absolute atomic E-state index is 0.142. The molecule has 0 spiro atoms. The maximum Gasteiger partial charge on any atom is 0.242 e. The molecule has 1 atom stereocenters. The number of fused-ring (bicyclic) bond motifs is 1. The molecule has 0 radical (unpaired) electrons. The van der Waals surface area contributed by atoms with Crippen molar-refractivity contribution in [3.63, 3.8) is 0 Å². The average Bonchev–Trinajstić information content (AvgIpc) is 3.14. The van der Waals surface area contributed by atoms with Gasteiger partial charge in [0.15, 0.2) is 5.82 Å². The number of aromatic nitrogens is 3. The van der Waals surface area contributed by atoms with Gasteiger partial charge in [-0.05, 0) is 43.7 Å². The normalized spacial score (nSPS) is 12.6. The number of ether oxygens (including phenoxy) is 1. The minimum Gasteiger partial charge on any atom is -0.477 e. The molecule has 170 valence electrons. The van der Waals surface area contributed by atoms with E-state index in [1.807, 2.05) is 13.0 Å². The lowest BCUT2D eigenvalue weighted by Gasteiger charge is -2.12. The fourth-order valence-corrected chi connectivity index (χ4v) is 4.08. The third kappa shape index (κ3) is 4.84.